The fraction of sp³-hybridized carbons (Fsp3) is 0.400. The Morgan fingerprint density at radius 2 is 2.04 bits per heavy atom. The number of hydrogen-bond donors (Lipinski definition) is 1. The number of nitrogens with zero attached hydrogens (tertiary/aromatic N) is 4. The van der Waals surface area contributed by atoms with Crippen LogP contribution in [-0.2, 0) is 14.3 Å². The van der Waals surface area contributed by atoms with Gasteiger partial charge in [0.15, 0.2) is 0 Å². The molecule has 1 N–H and O–H groups in total. The van der Waals surface area contributed by atoms with Crippen molar-refractivity contribution < 1.29 is 19.1 Å². The average molecular weight is 331 g/mol. The predicted molar refractivity (Wildman–Crippen MR) is 84.7 cm³/mol. The monoisotopic (exact) mass is 331 g/mol. The number of carbonyl (C=O) groups excluding carboxylic acids is 2. The highest BCUT2D eigenvalue weighted by molar-refractivity contribution is 5.94. The van der Waals surface area contributed by atoms with E-state index in [2.05, 4.69) is 30.1 Å². The zero-order valence-electron chi connectivity index (χ0n) is 13.2. The molecule has 2 aromatic rings. The molecule has 3 rings (SSSR count). The first-order valence-electron chi connectivity index (χ1n) is 7.49. The van der Waals surface area contributed by atoms with Crippen LogP contribution < -0.4 is 10.2 Å². The normalized spacial score (nSPS) is 14.5. The second kappa shape index (κ2) is 7.18. The molecule has 1 aliphatic rings. The van der Waals surface area contributed by atoms with Gasteiger partial charge in [0.05, 0.1) is 25.8 Å². The Labute approximate surface area is 138 Å². The number of amides is 1. The summed E-state index contributed by atoms with van der Waals surface area (Å²) in [6.07, 6.45) is 0. The van der Waals surface area contributed by atoms with E-state index in [1.54, 1.807) is 0 Å². The van der Waals surface area contributed by atoms with Crippen LogP contribution in [0.5, 0.6) is 0 Å². The van der Waals surface area contributed by atoms with Crippen molar-refractivity contribution in [2.24, 2.45) is 0 Å². The lowest BCUT2D eigenvalue weighted by Crippen LogP contribution is -2.36. The summed E-state index contributed by atoms with van der Waals surface area (Å²) in [5.41, 5.74) is 2.15. The number of ether oxygens (including phenoxy) is 2. The number of esters is 1. The molecular weight excluding hydrogens is 314 g/mol. The second-order valence-electron chi connectivity index (χ2n) is 5.17. The molecule has 1 saturated heterocycles. The Kier molecular flexibility index (Phi) is 4.80. The van der Waals surface area contributed by atoms with Gasteiger partial charge in [0.25, 0.3) is 5.91 Å². The first-order chi connectivity index (χ1) is 11.7. The maximum absolute atomic E-state index is 12.0. The van der Waals surface area contributed by atoms with Gasteiger partial charge in [0.1, 0.15) is 12.1 Å². The van der Waals surface area contributed by atoms with Crippen molar-refractivity contribution in [3.8, 4) is 0 Å². The maximum atomic E-state index is 12.0. The van der Waals surface area contributed by atoms with Crippen LogP contribution in [0.25, 0.3) is 11.0 Å². The second-order valence-corrected chi connectivity index (χ2v) is 5.17. The Hall–Kier alpha value is -2.81. The first-order valence-corrected chi connectivity index (χ1v) is 7.49. The van der Waals surface area contributed by atoms with E-state index in [4.69, 9.17) is 4.74 Å². The predicted octanol–water partition coefficient (Wildman–Crippen LogP) is -0.236. The molecule has 2 heterocycles. The van der Waals surface area contributed by atoms with Crippen molar-refractivity contribution in [1.29, 1.82) is 0 Å². The molecule has 0 atom stereocenters. The van der Waals surface area contributed by atoms with Crippen LogP contribution in [0.15, 0.2) is 18.2 Å². The number of fused-ring (bicyclic) bond motifs is 1. The lowest BCUT2D eigenvalue weighted by molar-refractivity contribution is -0.139. The molecule has 0 radical (unpaired) electrons. The van der Waals surface area contributed by atoms with Gasteiger partial charge in [0.2, 0.25) is 5.82 Å². The highest BCUT2D eigenvalue weighted by Gasteiger charge is 2.15. The zero-order chi connectivity index (χ0) is 16.9. The summed E-state index contributed by atoms with van der Waals surface area (Å²) in [5, 5.41) is 10.2. The molecule has 1 aliphatic heterocycles. The summed E-state index contributed by atoms with van der Waals surface area (Å²) in [7, 11) is 1.25. The third-order valence-electron chi connectivity index (χ3n) is 3.64. The van der Waals surface area contributed by atoms with E-state index in [9.17, 15) is 9.59 Å². The standard InChI is InChI=1S/C15H17N5O4/c1-23-13(21)9-16-15(22)14-17-12-8-10(2-3-11(12)18-19-14)20-4-6-24-7-5-20/h2-3,8H,4-7,9H2,1H3,(H,16,22). The largest absolute Gasteiger partial charge is 0.468 e. The van der Waals surface area contributed by atoms with Crippen LogP contribution in [0.4, 0.5) is 5.69 Å². The summed E-state index contributed by atoms with van der Waals surface area (Å²) >= 11 is 0. The molecule has 0 saturated carbocycles. The molecule has 1 aromatic heterocycles. The van der Waals surface area contributed by atoms with E-state index in [1.165, 1.54) is 7.11 Å². The number of nitrogens with one attached hydrogen (secondary N) is 1. The third-order valence-corrected chi connectivity index (χ3v) is 3.64. The molecule has 0 unspecified atom stereocenters. The molecule has 1 amide bonds. The lowest BCUT2D eigenvalue weighted by Gasteiger charge is -2.28. The zero-order valence-corrected chi connectivity index (χ0v) is 13.2. The molecule has 1 aromatic carbocycles. The Balaban J connectivity index is 1.80. The minimum atomic E-state index is -0.577. The molecule has 0 aliphatic carbocycles. The summed E-state index contributed by atoms with van der Waals surface area (Å²) in [6, 6.07) is 5.63. The van der Waals surface area contributed by atoms with Crippen molar-refractivity contribution in [2.75, 3.05) is 44.9 Å². The number of anilines is 1. The van der Waals surface area contributed by atoms with Crippen molar-refractivity contribution in [2.45, 2.75) is 0 Å². The van der Waals surface area contributed by atoms with Gasteiger partial charge in [-0.25, -0.2) is 4.98 Å². The van der Waals surface area contributed by atoms with Crippen molar-refractivity contribution in [1.82, 2.24) is 20.5 Å². The van der Waals surface area contributed by atoms with Crippen molar-refractivity contribution >= 4 is 28.6 Å². The number of carbonyl (C=O) groups is 2. The van der Waals surface area contributed by atoms with Crippen molar-refractivity contribution in [3.63, 3.8) is 0 Å². The number of aromatic nitrogens is 3. The molecular formula is C15H17N5O4. The topological polar surface area (TPSA) is 107 Å². The quantitative estimate of drug-likeness (QED) is 0.765. The van der Waals surface area contributed by atoms with E-state index in [1.807, 2.05) is 18.2 Å². The molecule has 0 bridgehead atoms. The molecule has 24 heavy (non-hydrogen) atoms. The summed E-state index contributed by atoms with van der Waals surface area (Å²) in [5.74, 6) is -1.22. The van der Waals surface area contributed by atoms with E-state index >= 15 is 0 Å². The van der Waals surface area contributed by atoms with Crippen LogP contribution in [0, 0.1) is 0 Å². The molecule has 9 heteroatoms. The van der Waals surface area contributed by atoms with Gasteiger partial charge in [-0.1, -0.05) is 0 Å². The summed E-state index contributed by atoms with van der Waals surface area (Å²) < 4.78 is 9.81. The highest BCUT2D eigenvalue weighted by Crippen LogP contribution is 2.20. The summed E-state index contributed by atoms with van der Waals surface area (Å²) in [6.45, 7) is 2.72. The van der Waals surface area contributed by atoms with Gasteiger partial charge in [-0.05, 0) is 18.2 Å². The smallest absolute Gasteiger partial charge is 0.325 e. The average Bonchev–Trinajstić information content (AvgIpc) is 2.65. The molecule has 0 spiro atoms. The van der Waals surface area contributed by atoms with E-state index in [-0.39, 0.29) is 12.4 Å². The van der Waals surface area contributed by atoms with Crippen molar-refractivity contribution in [3.05, 3.63) is 24.0 Å². The highest BCUT2D eigenvalue weighted by atomic mass is 16.5. The van der Waals surface area contributed by atoms with Gasteiger partial charge in [-0.15, -0.1) is 10.2 Å². The first kappa shape index (κ1) is 16.1. The van der Waals surface area contributed by atoms with Crippen LogP contribution in [0.1, 0.15) is 10.6 Å². The van der Waals surface area contributed by atoms with Gasteiger partial charge in [-0.2, -0.15) is 0 Å². The Bertz CT molecular complexity index is 761. The number of methoxy groups -OCH3 is 1. The van der Waals surface area contributed by atoms with E-state index in [0.717, 1.165) is 18.8 Å². The Morgan fingerprint density at radius 3 is 2.79 bits per heavy atom. The molecule has 9 nitrogen and oxygen atoms in total. The maximum Gasteiger partial charge on any atom is 0.325 e. The number of morpholine rings is 1. The minimum absolute atomic E-state index is 0.0921. The van der Waals surface area contributed by atoms with Gasteiger partial charge in [-0.3, -0.25) is 9.59 Å². The third kappa shape index (κ3) is 3.57. The van der Waals surface area contributed by atoms with Crippen LogP contribution in [0.2, 0.25) is 0 Å². The number of rotatable bonds is 4. The van der Waals surface area contributed by atoms with Gasteiger partial charge < -0.3 is 19.7 Å². The fourth-order valence-corrected chi connectivity index (χ4v) is 2.34. The number of hydrogen-bond acceptors (Lipinski definition) is 8. The van der Waals surface area contributed by atoms with Gasteiger partial charge in [0, 0.05) is 18.8 Å². The minimum Gasteiger partial charge on any atom is -0.468 e. The Morgan fingerprint density at radius 1 is 1.25 bits per heavy atom. The number of benzene rings is 1. The van der Waals surface area contributed by atoms with Crippen LogP contribution >= 0.6 is 0 Å². The molecule has 1 fully saturated rings. The summed E-state index contributed by atoms with van der Waals surface area (Å²) in [4.78, 5) is 29.5. The van der Waals surface area contributed by atoms with Gasteiger partial charge >= 0.3 is 5.97 Å². The SMILES string of the molecule is COC(=O)CNC(=O)c1nnc2ccc(N3CCOCC3)cc2n1. The van der Waals surface area contributed by atoms with E-state index < -0.39 is 11.9 Å². The lowest BCUT2D eigenvalue weighted by atomic mass is 10.2. The van der Waals surface area contributed by atoms with Crippen LogP contribution in [-0.4, -0.2) is 67.0 Å². The van der Waals surface area contributed by atoms with Crippen LogP contribution in [0.3, 0.4) is 0 Å². The molecule has 126 valence electrons. The fourth-order valence-electron chi connectivity index (χ4n) is 2.34. The van der Waals surface area contributed by atoms with E-state index in [0.29, 0.717) is 24.2 Å².